The molecule has 0 radical (unpaired) electrons. The van der Waals surface area contributed by atoms with Crippen LogP contribution in [0.3, 0.4) is 0 Å². The average molecular weight is 283 g/mol. The van der Waals surface area contributed by atoms with Gasteiger partial charge in [-0.25, -0.2) is 0 Å². The van der Waals surface area contributed by atoms with Gasteiger partial charge in [-0.3, -0.25) is 4.98 Å². The smallest absolute Gasteiger partial charge is 0.256 e. The van der Waals surface area contributed by atoms with Crippen LogP contribution in [0.4, 0.5) is 0 Å². The van der Waals surface area contributed by atoms with Crippen LogP contribution in [0.2, 0.25) is 0 Å². The van der Waals surface area contributed by atoms with Gasteiger partial charge >= 0.3 is 0 Å². The van der Waals surface area contributed by atoms with Crippen LogP contribution in [-0.2, 0) is 10.2 Å². The molecule has 1 fully saturated rings. The minimum absolute atomic E-state index is 0.259. The first-order chi connectivity index (χ1) is 9.03. The Bertz CT molecular complexity index is 524. The van der Waals surface area contributed by atoms with E-state index in [-0.39, 0.29) is 6.04 Å². The zero-order chi connectivity index (χ0) is 13.9. The quantitative estimate of drug-likeness (QED) is 0.896. The highest BCUT2D eigenvalue weighted by Gasteiger charge is 2.28. The molecule has 1 aromatic heterocycles. The maximum Gasteiger partial charge on any atom is 0.280 e. The Morgan fingerprint density at radius 2 is 2.05 bits per heavy atom. The van der Waals surface area contributed by atoms with Crippen molar-refractivity contribution in [2.45, 2.75) is 39.2 Å². The summed E-state index contributed by atoms with van der Waals surface area (Å²) in [5.74, 6) is 0. The number of rotatable bonds is 5. The second-order valence-electron chi connectivity index (χ2n) is 4.89. The maximum atomic E-state index is 12.2. The van der Waals surface area contributed by atoms with Gasteiger partial charge in [-0.1, -0.05) is 13.0 Å². The molecule has 2 rings (SSSR count). The summed E-state index contributed by atoms with van der Waals surface area (Å²) in [5, 5.41) is 0. The van der Waals surface area contributed by atoms with Crippen molar-refractivity contribution in [3.63, 3.8) is 0 Å². The van der Waals surface area contributed by atoms with Crippen molar-refractivity contribution in [2.24, 2.45) is 0 Å². The number of hydrogen-bond acceptors (Lipinski definition) is 3. The summed E-state index contributed by atoms with van der Waals surface area (Å²) < 4.78 is 28.8. The van der Waals surface area contributed by atoms with Crippen molar-refractivity contribution >= 4 is 10.2 Å². The summed E-state index contributed by atoms with van der Waals surface area (Å²) in [6.45, 7) is 5.10. The van der Waals surface area contributed by atoms with Gasteiger partial charge in [0.15, 0.2) is 0 Å². The largest absolute Gasteiger partial charge is 0.280 e. The standard InChI is InChI=1S/C13H21N3O2S/c1-3-12(13-8-6-7-11(2)14-13)15-19(17,18)16-9-4-5-10-16/h6-8,12,15H,3-5,9-10H2,1-2H3. The minimum Gasteiger partial charge on any atom is -0.256 e. The predicted molar refractivity (Wildman–Crippen MR) is 74.9 cm³/mol. The summed E-state index contributed by atoms with van der Waals surface area (Å²) in [5.41, 5.74) is 1.68. The molecule has 5 nitrogen and oxygen atoms in total. The Hall–Kier alpha value is -0.980. The number of aromatic nitrogens is 1. The molecular formula is C13H21N3O2S. The van der Waals surface area contributed by atoms with Crippen LogP contribution < -0.4 is 4.72 Å². The third kappa shape index (κ3) is 3.52. The van der Waals surface area contributed by atoms with Crippen molar-refractivity contribution in [3.05, 3.63) is 29.6 Å². The molecule has 2 heterocycles. The van der Waals surface area contributed by atoms with E-state index >= 15 is 0 Å². The van der Waals surface area contributed by atoms with Crippen LogP contribution in [0.5, 0.6) is 0 Å². The molecule has 1 atom stereocenters. The van der Waals surface area contributed by atoms with Gasteiger partial charge in [-0.05, 0) is 38.3 Å². The highest BCUT2D eigenvalue weighted by atomic mass is 32.2. The fraction of sp³-hybridized carbons (Fsp3) is 0.615. The van der Waals surface area contributed by atoms with E-state index in [4.69, 9.17) is 0 Å². The summed E-state index contributed by atoms with van der Waals surface area (Å²) >= 11 is 0. The van der Waals surface area contributed by atoms with Gasteiger partial charge in [0.25, 0.3) is 10.2 Å². The summed E-state index contributed by atoms with van der Waals surface area (Å²) in [6, 6.07) is 5.43. The molecule has 0 saturated carbocycles. The molecule has 1 saturated heterocycles. The molecule has 0 aliphatic carbocycles. The van der Waals surface area contributed by atoms with Crippen LogP contribution in [-0.4, -0.2) is 30.8 Å². The third-order valence-electron chi connectivity index (χ3n) is 3.37. The van der Waals surface area contributed by atoms with E-state index in [1.54, 1.807) is 0 Å². The van der Waals surface area contributed by atoms with Crippen molar-refractivity contribution in [3.8, 4) is 0 Å². The number of nitrogens with one attached hydrogen (secondary N) is 1. The normalized spacial score (nSPS) is 18.6. The molecule has 0 spiro atoms. The molecule has 6 heteroatoms. The molecule has 0 amide bonds. The SMILES string of the molecule is CCC(NS(=O)(=O)N1CCCC1)c1cccc(C)n1. The van der Waals surface area contributed by atoms with Crippen molar-refractivity contribution in [1.29, 1.82) is 0 Å². The predicted octanol–water partition coefficient (Wildman–Crippen LogP) is 1.77. The number of nitrogens with zero attached hydrogens (tertiary/aromatic N) is 2. The van der Waals surface area contributed by atoms with Crippen molar-refractivity contribution in [2.75, 3.05) is 13.1 Å². The topological polar surface area (TPSA) is 62.3 Å². The molecule has 1 unspecified atom stereocenters. The van der Waals surface area contributed by atoms with Gasteiger partial charge in [0.2, 0.25) is 0 Å². The Labute approximate surface area is 115 Å². The Morgan fingerprint density at radius 3 is 2.63 bits per heavy atom. The highest BCUT2D eigenvalue weighted by molar-refractivity contribution is 7.87. The zero-order valence-electron chi connectivity index (χ0n) is 11.5. The van der Waals surface area contributed by atoms with Crippen LogP contribution in [0.15, 0.2) is 18.2 Å². The van der Waals surface area contributed by atoms with E-state index in [2.05, 4.69) is 9.71 Å². The van der Waals surface area contributed by atoms with Crippen LogP contribution in [0, 0.1) is 6.92 Å². The summed E-state index contributed by atoms with van der Waals surface area (Å²) in [7, 11) is -3.39. The minimum atomic E-state index is -3.39. The molecule has 1 N–H and O–H groups in total. The first-order valence-corrected chi connectivity index (χ1v) is 8.18. The number of pyridine rings is 1. The van der Waals surface area contributed by atoms with Gasteiger partial charge in [0.1, 0.15) is 0 Å². The second-order valence-corrected chi connectivity index (χ2v) is 6.60. The highest BCUT2D eigenvalue weighted by Crippen LogP contribution is 2.19. The maximum absolute atomic E-state index is 12.2. The van der Waals surface area contributed by atoms with Gasteiger partial charge < -0.3 is 0 Å². The summed E-state index contributed by atoms with van der Waals surface area (Å²) in [6.07, 6.45) is 2.57. The molecule has 1 aliphatic heterocycles. The number of aryl methyl sites for hydroxylation is 1. The fourth-order valence-corrected chi connectivity index (χ4v) is 3.83. The van der Waals surface area contributed by atoms with E-state index in [1.807, 2.05) is 32.0 Å². The van der Waals surface area contributed by atoms with Gasteiger partial charge in [0, 0.05) is 18.8 Å². The van der Waals surface area contributed by atoms with E-state index in [9.17, 15) is 8.42 Å². The Balaban J connectivity index is 2.15. The lowest BCUT2D eigenvalue weighted by atomic mass is 10.1. The van der Waals surface area contributed by atoms with Crippen molar-refractivity contribution in [1.82, 2.24) is 14.0 Å². The van der Waals surface area contributed by atoms with E-state index in [0.29, 0.717) is 19.5 Å². The number of hydrogen-bond donors (Lipinski definition) is 1. The Kier molecular flexibility index (Phi) is 4.54. The van der Waals surface area contributed by atoms with Gasteiger partial charge in [0.05, 0.1) is 11.7 Å². The zero-order valence-corrected chi connectivity index (χ0v) is 12.3. The molecule has 0 bridgehead atoms. The third-order valence-corrected chi connectivity index (χ3v) is 5.00. The Morgan fingerprint density at radius 1 is 1.37 bits per heavy atom. The van der Waals surface area contributed by atoms with E-state index in [0.717, 1.165) is 24.2 Å². The van der Waals surface area contributed by atoms with Gasteiger partial charge in [-0.2, -0.15) is 17.4 Å². The van der Waals surface area contributed by atoms with Crippen LogP contribution >= 0.6 is 0 Å². The lowest BCUT2D eigenvalue weighted by molar-refractivity contribution is 0.449. The molecule has 19 heavy (non-hydrogen) atoms. The van der Waals surface area contributed by atoms with Crippen LogP contribution in [0.25, 0.3) is 0 Å². The monoisotopic (exact) mass is 283 g/mol. The lowest BCUT2D eigenvalue weighted by Crippen LogP contribution is -2.40. The average Bonchev–Trinajstić information content (AvgIpc) is 2.90. The molecule has 0 aromatic carbocycles. The van der Waals surface area contributed by atoms with Gasteiger partial charge in [-0.15, -0.1) is 0 Å². The first-order valence-electron chi connectivity index (χ1n) is 6.74. The molecular weight excluding hydrogens is 262 g/mol. The lowest BCUT2D eigenvalue weighted by Gasteiger charge is -2.21. The summed E-state index contributed by atoms with van der Waals surface area (Å²) in [4.78, 5) is 4.41. The van der Waals surface area contributed by atoms with Crippen LogP contribution in [0.1, 0.15) is 43.6 Å². The van der Waals surface area contributed by atoms with Crippen molar-refractivity contribution < 1.29 is 8.42 Å². The fourth-order valence-electron chi connectivity index (χ4n) is 2.29. The molecule has 106 valence electrons. The first kappa shape index (κ1) is 14.4. The molecule has 1 aliphatic rings. The molecule has 1 aromatic rings. The second kappa shape index (κ2) is 5.98. The van der Waals surface area contributed by atoms with E-state index < -0.39 is 10.2 Å². The van der Waals surface area contributed by atoms with E-state index in [1.165, 1.54) is 4.31 Å².